The number of hydrogen-bond donors (Lipinski definition) is 1. The van der Waals surface area contributed by atoms with Gasteiger partial charge in [0, 0.05) is 5.92 Å². The van der Waals surface area contributed by atoms with E-state index >= 15 is 0 Å². The number of aliphatic hydroxyl groups is 1. The molecule has 0 spiro atoms. The SMILES string of the molecule is CC1COC2C(O)COC12C. The fraction of sp³-hybridized carbons (Fsp3) is 1.00. The molecule has 0 saturated carbocycles. The van der Waals surface area contributed by atoms with Gasteiger partial charge in [-0.25, -0.2) is 0 Å². The number of aliphatic hydroxyl groups excluding tert-OH is 1. The zero-order valence-corrected chi connectivity index (χ0v) is 6.91. The van der Waals surface area contributed by atoms with Crippen LogP contribution in [0.4, 0.5) is 0 Å². The lowest BCUT2D eigenvalue weighted by Crippen LogP contribution is -2.39. The van der Waals surface area contributed by atoms with Crippen molar-refractivity contribution in [2.24, 2.45) is 5.92 Å². The minimum absolute atomic E-state index is 0.0995. The second-order valence-corrected chi connectivity index (χ2v) is 3.72. The molecule has 0 aromatic heterocycles. The molecule has 2 aliphatic heterocycles. The zero-order valence-electron chi connectivity index (χ0n) is 6.91. The number of hydrogen-bond acceptors (Lipinski definition) is 3. The molecule has 0 radical (unpaired) electrons. The predicted octanol–water partition coefficient (Wildman–Crippen LogP) is 0.171. The Balaban J connectivity index is 2.23. The van der Waals surface area contributed by atoms with Crippen LogP contribution in [0, 0.1) is 5.92 Å². The van der Waals surface area contributed by atoms with Crippen molar-refractivity contribution in [1.29, 1.82) is 0 Å². The highest BCUT2D eigenvalue weighted by atomic mass is 16.6. The molecule has 2 fully saturated rings. The molecule has 11 heavy (non-hydrogen) atoms. The topological polar surface area (TPSA) is 38.7 Å². The normalized spacial score (nSPS) is 56.5. The molecule has 4 unspecified atom stereocenters. The van der Waals surface area contributed by atoms with Gasteiger partial charge in [-0.2, -0.15) is 0 Å². The lowest BCUT2D eigenvalue weighted by atomic mass is 9.89. The van der Waals surface area contributed by atoms with E-state index in [2.05, 4.69) is 6.92 Å². The van der Waals surface area contributed by atoms with Crippen LogP contribution in [0.2, 0.25) is 0 Å². The molecular weight excluding hydrogens is 144 g/mol. The largest absolute Gasteiger partial charge is 0.388 e. The van der Waals surface area contributed by atoms with Gasteiger partial charge in [0.05, 0.1) is 18.8 Å². The highest BCUT2D eigenvalue weighted by molar-refractivity contribution is 5.02. The molecule has 2 rings (SSSR count). The molecule has 0 amide bonds. The van der Waals surface area contributed by atoms with E-state index in [0.29, 0.717) is 19.1 Å². The van der Waals surface area contributed by atoms with Crippen molar-refractivity contribution in [2.75, 3.05) is 13.2 Å². The van der Waals surface area contributed by atoms with Gasteiger partial charge in [-0.15, -0.1) is 0 Å². The number of fused-ring (bicyclic) bond motifs is 1. The highest BCUT2D eigenvalue weighted by Crippen LogP contribution is 2.40. The molecule has 3 nitrogen and oxygen atoms in total. The summed E-state index contributed by atoms with van der Waals surface area (Å²) in [5.41, 5.74) is -0.237. The minimum atomic E-state index is -0.426. The molecule has 2 heterocycles. The first-order valence-electron chi connectivity index (χ1n) is 4.08. The summed E-state index contributed by atoms with van der Waals surface area (Å²) in [5.74, 6) is 0.393. The molecule has 2 saturated heterocycles. The van der Waals surface area contributed by atoms with Gasteiger partial charge in [0.15, 0.2) is 0 Å². The van der Waals surface area contributed by atoms with E-state index in [4.69, 9.17) is 9.47 Å². The van der Waals surface area contributed by atoms with Crippen molar-refractivity contribution >= 4 is 0 Å². The third-order valence-electron chi connectivity index (χ3n) is 2.98. The van der Waals surface area contributed by atoms with E-state index < -0.39 is 6.10 Å². The number of rotatable bonds is 0. The van der Waals surface area contributed by atoms with E-state index in [1.165, 1.54) is 0 Å². The monoisotopic (exact) mass is 158 g/mol. The van der Waals surface area contributed by atoms with Gasteiger partial charge in [0.1, 0.15) is 12.2 Å². The summed E-state index contributed by atoms with van der Waals surface area (Å²) in [6.45, 7) is 5.24. The van der Waals surface area contributed by atoms with Crippen LogP contribution >= 0.6 is 0 Å². The highest BCUT2D eigenvalue weighted by Gasteiger charge is 2.54. The summed E-state index contributed by atoms with van der Waals surface area (Å²) in [4.78, 5) is 0. The molecule has 2 aliphatic rings. The minimum Gasteiger partial charge on any atom is -0.388 e. The predicted molar refractivity (Wildman–Crippen MR) is 39.3 cm³/mol. The summed E-state index contributed by atoms with van der Waals surface area (Å²) in [6, 6.07) is 0. The Morgan fingerprint density at radius 3 is 2.82 bits per heavy atom. The second kappa shape index (κ2) is 2.19. The fourth-order valence-corrected chi connectivity index (χ4v) is 1.93. The van der Waals surface area contributed by atoms with Crippen molar-refractivity contribution < 1.29 is 14.6 Å². The van der Waals surface area contributed by atoms with Crippen LogP contribution in [-0.4, -0.2) is 36.1 Å². The average Bonchev–Trinajstić information content (AvgIpc) is 2.39. The fourth-order valence-electron chi connectivity index (χ4n) is 1.93. The Morgan fingerprint density at radius 2 is 2.18 bits per heavy atom. The standard InChI is InChI=1S/C8H14O3/c1-5-3-10-7-6(9)4-11-8(5,7)2/h5-7,9H,3-4H2,1-2H3. The molecule has 0 aromatic carbocycles. The van der Waals surface area contributed by atoms with Crippen LogP contribution in [0.1, 0.15) is 13.8 Å². The quantitative estimate of drug-likeness (QED) is 0.546. The second-order valence-electron chi connectivity index (χ2n) is 3.72. The molecule has 0 aliphatic carbocycles. The maximum Gasteiger partial charge on any atom is 0.115 e. The van der Waals surface area contributed by atoms with Crippen LogP contribution in [0.5, 0.6) is 0 Å². The smallest absolute Gasteiger partial charge is 0.115 e. The first-order valence-corrected chi connectivity index (χ1v) is 4.08. The maximum absolute atomic E-state index is 9.43. The first kappa shape index (κ1) is 7.53. The molecule has 0 aromatic rings. The van der Waals surface area contributed by atoms with E-state index in [-0.39, 0.29) is 11.7 Å². The van der Waals surface area contributed by atoms with Crippen LogP contribution in [0.15, 0.2) is 0 Å². The van der Waals surface area contributed by atoms with E-state index in [1.807, 2.05) is 6.92 Å². The van der Waals surface area contributed by atoms with Gasteiger partial charge >= 0.3 is 0 Å². The molecule has 3 heteroatoms. The van der Waals surface area contributed by atoms with Gasteiger partial charge < -0.3 is 14.6 Å². The van der Waals surface area contributed by atoms with E-state index in [9.17, 15) is 5.11 Å². The van der Waals surface area contributed by atoms with E-state index in [1.54, 1.807) is 0 Å². The van der Waals surface area contributed by atoms with E-state index in [0.717, 1.165) is 0 Å². The Bertz CT molecular complexity index is 171. The Morgan fingerprint density at radius 1 is 1.45 bits per heavy atom. The Kier molecular flexibility index (Phi) is 1.50. The van der Waals surface area contributed by atoms with Crippen LogP contribution in [-0.2, 0) is 9.47 Å². The summed E-state index contributed by atoms with van der Waals surface area (Å²) >= 11 is 0. The van der Waals surface area contributed by atoms with Gasteiger partial charge in [-0.05, 0) is 6.92 Å². The van der Waals surface area contributed by atoms with Crippen molar-refractivity contribution in [2.45, 2.75) is 31.7 Å². The summed E-state index contributed by atoms with van der Waals surface area (Å²) in [5, 5.41) is 9.43. The van der Waals surface area contributed by atoms with Crippen molar-refractivity contribution in [3.8, 4) is 0 Å². The van der Waals surface area contributed by atoms with Crippen molar-refractivity contribution in [1.82, 2.24) is 0 Å². The average molecular weight is 158 g/mol. The van der Waals surface area contributed by atoms with Crippen LogP contribution in [0.3, 0.4) is 0 Å². The third kappa shape index (κ3) is 0.849. The summed E-state index contributed by atoms with van der Waals surface area (Å²) in [7, 11) is 0. The van der Waals surface area contributed by atoms with Gasteiger partial charge in [0.25, 0.3) is 0 Å². The molecule has 1 N–H and O–H groups in total. The molecule has 64 valence electrons. The first-order chi connectivity index (χ1) is 5.14. The van der Waals surface area contributed by atoms with Crippen LogP contribution in [0.25, 0.3) is 0 Å². The summed E-state index contributed by atoms with van der Waals surface area (Å²) in [6.07, 6.45) is -0.526. The summed E-state index contributed by atoms with van der Waals surface area (Å²) < 4.78 is 10.9. The maximum atomic E-state index is 9.43. The molecule has 0 bridgehead atoms. The lowest BCUT2D eigenvalue weighted by Gasteiger charge is -2.25. The van der Waals surface area contributed by atoms with Crippen molar-refractivity contribution in [3.05, 3.63) is 0 Å². The van der Waals surface area contributed by atoms with Gasteiger partial charge in [0.2, 0.25) is 0 Å². The van der Waals surface area contributed by atoms with Crippen molar-refractivity contribution in [3.63, 3.8) is 0 Å². The lowest BCUT2D eigenvalue weighted by molar-refractivity contribution is -0.0265. The zero-order chi connectivity index (χ0) is 8.06. The Hall–Kier alpha value is -0.120. The molecule has 4 atom stereocenters. The van der Waals surface area contributed by atoms with Gasteiger partial charge in [-0.3, -0.25) is 0 Å². The van der Waals surface area contributed by atoms with Crippen LogP contribution < -0.4 is 0 Å². The number of ether oxygens (including phenoxy) is 2. The molecular formula is C8H14O3. The van der Waals surface area contributed by atoms with Gasteiger partial charge in [-0.1, -0.05) is 6.92 Å². The third-order valence-corrected chi connectivity index (χ3v) is 2.98. The Labute approximate surface area is 66.3 Å².